The molecule has 4 aromatic rings. The predicted molar refractivity (Wildman–Crippen MR) is 170 cm³/mol. The summed E-state index contributed by atoms with van der Waals surface area (Å²) in [6.07, 6.45) is 2.05. The van der Waals surface area contributed by atoms with Crippen LogP contribution < -0.4 is 9.62 Å². The maximum absolute atomic E-state index is 14.3. The van der Waals surface area contributed by atoms with Gasteiger partial charge in [0.05, 0.1) is 11.9 Å². The minimum atomic E-state index is -3.88. The maximum Gasteiger partial charge on any atom is 0.244 e. The first kappa shape index (κ1) is 31.1. The average Bonchev–Trinajstić information content (AvgIpc) is 2.97. The summed E-state index contributed by atoms with van der Waals surface area (Å²) in [4.78, 5) is 29.6. The van der Waals surface area contributed by atoms with Gasteiger partial charge in [-0.1, -0.05) is 97.4 Å². The average molecular weight is 606 g/mol. The summed E-state index contributed by atoms with van der Waals surface area (Å²) in [6, 6.07) is 28.3. The Bertz CT molecular complexity index is 1640. The number of rotatable bonds is 12. The molecular formula is C33H36ClN3O4S. The van der Waals surface area contributed by atoms with Crippen molar-refractivity contribution >= 4 is 49.9 Å². The lowest BCUT2D eigenvalue weighted by atomic mass is 10.0. The van der Waals surface area contributed by atoms with Gasteiger partial charge in [-0.3, -0.25) is 13.9 Å². The molecule has 2 amide bonds. The fourth-order valence-corrected chi connectivity index (χ4v) is 5.92. The van der Waals surface area contributed by atoms with Crippen LogP contribution in [0.5, 0.6) is 0 Å². The van der Waals surface area contributed by atoms with Crippen LogP contribution in [-0.2, 0) is 32.6 Å². The van der Waals surface area contributed by atoms with Crippen LogP contribution in [0.2, 0.25) is 5.02 Å². The van der Waals surface area contributed by atoms with E-state index >= 15 is 0 Å². The summed E-state index contributed by atoms with van der Waals surface area (Å²) in [5.41, 5.74) is 2.00. The lowest BCUT2D eigenvalue weighted by Gasteiger charge is -2.34. The Labute approximate surface area is 253 Å². The number of hydrogen-bond acceptors (Lipinski definition) is 4. The van der Waals surface area contributed by atoms with E-state index in [2.05, 4.69) is 5.32 Å². The molecule has 1 N–H and O–H groups in total. The number of carbonyl (C=O) groups excluding carboxylic acids is 2. The van der Waals surface area contributed by atoms with Crippen molar-refractivity contribution in [2.45, 2.75) is 45.3 Å². The van der Waals surface area contributed by atoms with Crippen LogP contribution >= 0.6 is 11.6 Å². The maximum atomic E-state index is 14.3. The fraction of sp³-hybridized carbons (Fsp3) is 0.273. The van der Waals surface area contributed by atoms with E-state index in [0.717, 1.165) is 33.5 Å². The van der Waals surface area contributed by atoms with E-state index in [1.165, 1.54) is 4.90 Å². The first-order valence-corrected chi connectivity index (χ1v) is 16.1. The van der Waals surface area contributed by atoms with Gasteiger partial charge in [0.15, 0.2) is 0 Å². The van der Waals surface area contributed by atoms with E-state index in [1.807, 2.05) is 80.6 Å². The van der Waals surface area contributed by atoms with Crippen molar-refractivity contribution in [3.05, 3.63) is 113 Å². The smallest absolute Gasteiger partial charge is 0.244 e. The summed E-state index contributed by atoms with van der Waals surface area (Å²) < 4.78 is 27.5. The number of amides is 2. The molecule has 9 heteroatoms. The number of carbonyl (C=O) groups is 2. The highest BCUT2D eigenvalue weighted by atomic mass is 35.5. The van der Waals surface area contributed by atoms with Gasteiger partial charge in [0.1, 0.15) is 12.6 Å². The minimum Gasteiger partial charge on any atom is -0.352 e. The molecule has 0 radical (unpaired) electrons. The second-order valence-corrected chi connectivity index (χ2v) is 12.8. The molecule has 0 aliphatic heterocycles. The van der Waals surface area contributed by atoms with Crippen LogP contribution in [-0.4, -0.2) is 50.0 Å². The summed E-state index contributed by atoms with van der Waals surface area (Å²) in [6.45, 7) is 3.47. The Morgan fingerprint density at radius 3 is 2.21 bits per heavy atom. The zero-order valence-electron chi connectivity index (χ0n) is 24.0. The molecular weight excluding hydrogens is 570 g/mol. The molecule has 4 rings (SSSR count). The molecule has 0 heterocycles. The molecule has 0 aliphatic rings. The van der Waals surface area contributed by atoms with Gasteiger partial charge in [0.2, 0.25) is 21.8 Å². The minimum absolute atomic E-state index is 0.0674. The first-order chi connectivity index (χ1) is 20.1. The molecule has 0 bridgehead atoms. The van der Waals surface area contributed by atoms with E-state index in [4.69, 9.17) is 11.6 Å². The van der Waals surface area contributed by atoms with Crippen molar-refractivity contribution in [3.63, 3.8) is 0 Å². The van der Waals surface area contributed by atoms with Gasteiger partial charge in [-0.05, 0) is 48.1 Å². The Morgan fingerprint density at radius 2 is 1.52 bits per heavy atom. The van der Waals surface area contributed by atoms with Gasteiger partial charge in [0.25, 0.3) is 0 Å². The summed E-state index contributed by atoms with van der Waals surface area (Å²) >= 11 is 6.28. The number of benzene rings is 4. The predicted octanol–water partition coefficient (Wildman–Crippen LogP) is 5.81. The molecule has 2 atom stereocenters. The monoisotopic (exact) mass is 605 g/mol. The molecule has 0 aromatic heterocycles. The highest BCUT2D eigenvalue weighted by molar-refractivity contribution is 7.92. The molecule has 0 aliphatic carbocycles. The van der Waals surface area contributed by atoms with Crippen LogP contribution in [0.15, 0.2) is 97.1 Å². The zero-order valence-corrected chi connectivity index (χ0v) is 25.6. The molecule has 42 heavy (non-hydrogen) atoms. The van der Waals surface area contributed by atoms with E-state index in [0.29, 0.717) is 16.1 Å². The molecule has 4 aromatic carbocycles. The largest absolute Gasteiger partial charge is 0.352 e. The second kappa shape index (κ2) is 13.9. The Kier molecular flexibility index (Phi) is 10.2. The van der Waals surface area contributed by atoms with Gasteiger partial charge >= 0.3 is 0 Å². The molecule has 0 spiro atoms. The lowest BCUT2D eigenvalue weighted by Crippen LogP contribution is -2.54. The van der Waals surface area contributed by atoms with Gasteiger partial charge in [-0.15, -0.1) is 0 Å². The van der Waals surface area contributed by atoms with Crippen molar-refractivity contribution < 1.29 is 18.0 Å². The number of nitrogens with one attached hydrogen (secondary N) is 1. The number of anilines is 1. The highest BCUT2D eigenvalue weighted by Crippen LogP contribution is 2.29. The standard InChI is InChI=1S/C33H36ClN3O4S/c1-4-24(2)35-33(39)31(21-25-12-6-5-7-13-25)36(22-26-14-10-17-28(34)20-26)32(38)23-37(42(3,40)41)30-19-11-16-27-15-8-9-18-29(27)30/h5-20,24,31H,4,21-23H2,1-3H3,(H,35,39)/t24-,31+/m0/s1. The second-order valence-electron chi connectivity index (χ2n) is 10.4. The Balaban J connectivity index is 1.79. The van der Waals surface area contributed by atoms with Crippen molar-refractivity contribution in [1.82, 2.24) is 10.2 Å². The molecule has 220 valence electrons. The van der Waals surface area contributed by atoms with Crippen LogP contribution in [0.1, 0.15) is 31.4 Å². The molecule has 0 saturated heterocycles. The van der Waals surface area contributed by atoms with Crippen LogP contribution in [0.4, 0.5) is 5.69 Å². The number of hydrogen-bond donors (Lipinski definition) is 1. The fourth-order valence-electron chi connectivity index (χ4n) is 4.85. The van der Waals surface area contributed by atoms with Crippen molar-refractivity contribution in [2.24, 2.45) is 0 Å². The molecule has 7 nitrogen and oxygen atoms in total. The SMILES string of the molecule is CC[C@H](C)NC(=O)[C@@H](Cc1ccccc1)N(Cc1cccc(Cl)c1)C(=O)CN(c1cccc2ccccc12)S(C)(=O)=O. The van der Waals surface area contributed by atoms with Crippen molar-refractivity contribution in [1.29, 1.82) is 0 Å². The molecule has 0 fully saturated rings. The zero-order chi connectivity index (χ0) is 30.3. The Hall–Kier alpha value is -3.88. The third-order valence-corrected chi connectivity index (χ3v) is 8.59. The van der Waals surface area contributed by atoms with Gasteiger partial charge in [0, 0.05) is 29.4 Å². The normalized spacial score (nSPS) is 12.9. The Morgan fingerprint density at radius 1 is 0.881 bits per heavy atom. The summed E-state index contributed by atoms with van der Waals surface area (Å²) in [7, 11) is -3.88. The van der Waals surface area contributed by atoms with Gasteiger partial charge < -0.3 is 10.2 Å². The lowest BCUT2D eigenvalue weighted by molar-refractivity contribution is -0.140. The van der Waals surface area contributed by atoms with Crippen molar-refractivity contribution in [3.8, 4) is 0 Å². The van der Waals surface area contributed by atoms with Gasteiger partial charge in [-0.2, -0.15) is 0 Å². The molecule has 0 unspecified atom stereocenters. The van der Waals surface area contributed by atoms with Crippen LogP contribution in [0.3, 0.4) is 0 Å². The van der Waals surface area contributed by atoms with Gasteiger partial charge in [-0.25, -0.2) is 8.42 Å². The number of halogens is 1. The van der Waals surface area contributed by atoms with E-state index in [1.54, 1.807) is 30.3 Å². The first-order valence-electron chi connectivity index (χ1n) is 13.9. The van der Waals surface area contributed by atoms with Crippen LogP contribution in [0.25, 0.3) is 10.8 Å². The summed E-state index contributed by atoms with van der Waals surface area (Å²) in [5, 5.41) is 5.08. The highest BCUT2D eigenvalue weighted by Gasteiger charge is 2.33. The van der Waals surface area contributed by atoms with Crippen molar-refractivity contribution in [2.75, 3.05) is 17.1 Å². The third-order valence-electron chi connectivity index (χ3n) is 7.23. The molecule has 0 saturated carbocycles. The summed E-state index contributed by atoms with van der Waals surface area (Å²) in [5.74, 6) is -0.812. The number of nitrogens with zero attached hydrogens (tertiary/aromatic N) is 2. The van der Waals surface area contributed by atoms with Crippen LogP contribution in [0, 0.1) is 0 Å². The van der Waals surface area contributed by atoms with E-state index < -0.39 is 28.5 Å². The topological polar surface area (TPSA) is 86.8 Å². The number of sulfonamides is 1. The third kappa shape index (κ3) is 7.89. The van der Waals surface area contributed by atoms with E-state index in [-0.39, 0.29) is 24.9 Å². The number of fused-ring (bicyclic) bond motifs is 1. The quantitative estimate of drug-likeness (QED) is 0.221. The van der Waals surface area contributed by atoms with E-state index in [9.17, 15) is 18.0 Å².